The van der Waals surface area contributed by atoms with E-state index < -0.39 is 29.1 Å². The van der Waals surface area contributed by atoms with Gasteiger partial charge in [-0.05, 0) is 19.1 Å². The number of hydrogen-bond donors (Lipinski definition) is 2. The molecule has 136 valence electrons. The van der Waals surface area contributed by atoms with Crippen LogP contribution in [0.4, 0.5) is 13.2 Å². The van der Waals surface area contributed by atoms with Gasteiger partial charge in [0.15, 0.2) is 0 Å². The number of thiazole rings is 1. The average molecular weight is 374 g/mol. The van der Waals surface area contributed by atoms with Crippen LogP contribution < -0.4 is 10.1 Å². The van der Waals surface area contributed by atoms with Gasteiger partial charge in [0.1, 0.15) is 17.4 Å². The van der Waals surface area contributed by atoms with Crippen molar-refractivity contribution in [3.63, 3.8) is 0 Å². The number of ether oxygens (including phenoxy) is 1. The minimum absolute atomic E-state index is 0.0125. The number of aliphatic hydroxyl groups is 1. The summed E-state index contributed by atoms with van der Waals surface area (Å²) in [6, 6.07) is 8.79. The van der Waals surface area contributed by atoms with Crippen LogP contribution in [0.25, 0.3) is 0 Å². The van der Waals surface area contributed by atoms with Crippen LogP contribution in [-0.4, -0.2) is 35.3 Å². The lowest BCUT2D eigenvalue weighted by Gasteiger charge is -2.27. The van der Waals surface area contributed by atoms with Crippen molar-refractivity contribution >= 4 is 17.2 Å². The third-order valence-corrected chi connectivity index (χ3v) is 4.41. The van der Waals surface area contributed by atoms with Gasteiger partial charge in [0.25, 0.3) is 0 Å². The van der Waals surface area contributed by atoms with Crippen molar-refractivity contribution in [2.24, 2.45) is 0 Å². The van der Waals surface area contributed by atoms with Crippen LogP contribution >= 0.6 is 11.3 Å². The quantitative estimate of drug-likeness (QED) is 0.731. The number of alkyl halides is 3. The molecule has 0 radical (unpaired) electrons. The number of nitrogens with zero attached hydrogens (tertiary/aromatic N) is 1. The molecular formula is C16H17F3N2O3S. The van der Waals surface area contributed by atoms with Crippen LogP contribution in [-0.2, 0) is 10.4 Å². The van der Waals surface area contributed by atoms with Crippen molar-refractivity contribution in [1.82, 2.24) is 10.3 Å². The normalized spacial score (nSPS) is 14.0. The summed E-state index contributed by atoms with van der Waals surface area (Å²) in [7, 11) is 0. The van der Waals surface area contributed by atoms with E-state index in [1.165, 1.54) is 12.3 Å². The number of amides is 1. The fourth-order valence-corrected chi connectivity index (χ4v) is 2.93. The molecule has 25 heavy (non-hydrogen) atoms. The van der Waals surface area contributed by atoms with Gasteiger partial charge in [-0.25, -0.2) is 4.98 Å². The molecule has 1 amide bonds. The Hall–Kier alpha value is -2.13. The van der Waals surface area contributed by atoms with Crippen molar-refractivity contribution in [1.29, 1.82) is 0 Å². The van der Waals surface area contributed by atoms with E-state index in [-0.39, 0.29) is 13.2 Å². The first-order chi connectivity index (χ1) is 11.7. The molecule has 0 bridgehead atoms. The van der Waals surface area contributed by atoms with Crippen LogP contribution in [0.5, 0.6) is 5.75 Å². The average Bonchev–Trinajstić information content (AvgIpc) is 2.98. The second kappa shape index (κ2) is 7.83. The molecule has 5 nitrogen and oxygen atoms in total. The molecule has 1 unspecified atom stereocenters. The Kier molecular flexibility index (Phi) is 6.02. The first-order valence-corrected chi connectivity index (χ1v) is 8.26. The van der Waals surface area contributed by atoms with Crippen molar-refractivity contribution in [3.05, 3.63) is 46.4 Å². The summed E-state index contributed by atoms with van der Waals surface area (Å²) in [4.78, 5) is 15.5. The van der Waals surface area contributed by atoms with Gasteiger partial charge in [-0.3, -0.25) is 4.79 Å². The molecular weight excluding hydrogens is 357 g/mol. The first-order valence-electron chi connectivity index (χ1n) is 7.38. The van der Waals surface area contributed by atoms with Gasteiger partial charge in [0.05, 0.1) is 13.0 Å². The van der Waals surface area contributed by atoms with Crippen LogP contribution in [0.3, 0.4) is 0 Å². The van der Waals surface area contributed by atoms with Crippen molar-refractivity contribution in [2.45, 2.75) is 25.1 Å². The highest BCUT2D eigenvalue weighted by atomic mass is 32.1. The van der Waals surface area contributed by atoms with Gasteiger partial charge in [-0.2, -0.15) is 13.2 Å². The second-order valence-corrected chi connectivity index (χ2v) is 6.20. The molecule has 0 spiro atoms. The zero-order valence-electron chi connectivity index (χ0n) is 13.3. The highest BCUT2D eigenvalue weighted by Gasteiger charge is 2.58. The van der Waals surface area contributed by atoms with E-state index in [2.05, 4.69) is 10.3 Å². The molecule has 0 saturated heterocycles. The summed E-state index contributed by atoms with van der Waals surface area (Å²) in [6.07, 6.45) is -6.18. The fraction of sp³-hybridized carbons (Fsp3) is 0.375. The van der Waals surface area contributed by atoms with Gasteiger partial charge in [-0.15, -0.1) is 11.3 Å². The van der Waals surface area contributed by atoms with E-state index in [0.717, 1.165) is 0 Å². The Balaban J connectivity index is 1.92. The van der Waals surface area contributed by atoms with Crippen molar-refractivity contribution in [3.8, 4) is 5.75 Å². The van der Waals surface area contributed by atoms with Gasteiger partial charge in [0, 0.05) is 11.1 Å². The van der Waals surface area contributed by atoms with Crippen LogP contribution in [0, 0.1) is 6.92 Å². The number of benzene rings is 1. The van der Waals surface area contributed by atoms with Crippen molar-refractivity contribution < 1.29 is 27.8 Å². The molecule has 1 atom stereocenters. The summed E-state index contributed by atoms with van der Waals surface area (Å²) in [5.41, 5.74) is -2.96. The molecule has 0 saturated carbocycles. The topological polar surface area (TPSA) is 71.5 Å². The molecule has 9 heteroatoms. The monoisotopic (exact) mass is 374 g/mol. The fourth-order valence-electron chi connectivity index (χ4n) is 2.01. The molecule has 1 heterocycles. The van der Waals surface area contributed by atoms with Crippen LogP contribution in [0.15, 0.2) is 35.7 Å². The zero-order valence-corrected chi connectivity index (χ0v) is 14.2. The smallest absolute Gasteiger partial charge is 0.424 e. The van der Waals surface area contributed by atoms with E-state index in [1.807, 2.05) is 6.07 Å². The van der Waals surface area contributed by atoms with E-state index in [9.17, 15) is 23.1 Å². The predicted octanol–water partition coefficient (Wildman–Crippen LogP) is 2.79. The largest absolute Gasteiger partial charge is 0.492 e. The third kappa shape index (κ3) is 4.93. The van der Waals surface area contributed by atoms with Gasteiger partial charge in [-0.1, -0.05) is 18.2 Å². The molecule has 1 aromatic carbocycles. The number of rotatable bonds is 7. The SMILES string of the molecule is Cc1csc(C(O)(CC(=O)NCCOc2ccccc2)C(F)(F)F)n1. The molecule has 1 aromatic heterocycles. The summed E-state index contributed by atoms with van der Waals surface area (Å²) in [5, 5.41) is 13.2. The summed E-state index contributed by atoms with van der Waals surface area (Å²) >= 11 is 0.665. The molecule has 2 aromatic rings. The molecule has 0 aliphatic heterocycles. The third-order valence-electron chi connectivity index (χ3n) is 3.29. The molecule has 2 rings (SSSR count). The number of carbonyl (C=O) groups excluding carboxylic acids is 1. The Morgan fingerprint density at radius 2 is 2.00 bits per heavy atom. The van der Waals surface area contributed by atoms with Gasteiger partial charge < -0.3 is 15.2 Å². The zero-order chi connectivity index (χ0) is 18.5. The number of carbonyl (C=O) groups is 1. The Morgan fingerprint density at radius 3 is 2.56 bits per heavy atom. The molecule has 2 N–H and O–H groups in total. The number of nitrogens with one attached hydrogen (secondary N) is 1. The summed E-state index contributed by atoms with van der Waals surface area (Å²) in [6.45, 7) is 1.62. The minimum Gasteiger partial charge on any atom is -0.492 e. The number of halogens is 3. The standard InChI is InChI=1S/C16H17F3N2O3S/c1-11-10-25-14(21-11)15(23,16(17,18)19)9-13(22)20-7-8-24-12-5-3-2-4-6-12/h2-6,10,23H,7-9H2,1H3,(H,20,22). The van der Waals surface area contributed by atoms with E-state index in [1.54, 1.807) is 24.3 Å². The maximum atomic E-state index is 13.3. The second-order valence-electron chi connectivity index (χ2n) is 5.34. The maximum Gasteiger partial charge on any atom is 0.424 e. The van der Waals surface area contributed by atoms with Crippen LogP contribution in [0.2, 0.25) is 0 Å². The number of aryl methyl sites for hydroxylation is 1. The van der Waals surface area contributed by atoms with Crippen molar-refractivity contribution in [2.75, 3.05) is 13.2 Å². The Morgan fingerprint density at radius 1 is 1.32 bits per heavy atom. The van der Waals surface area contributed by atoms with E-state index in [4.69, 9.17) is 4.74 Å². The molecule has 0 fully saturated rings. The number of hydrogen-bond acceptors (Lipinski definition) is 5. The molecule has 0 aliphatic rings. The lowest BCUT2D eigenvalue weighted by atomic mass is 9.99. The van der Waals surface area contributed by atoms with Gasteiger partial charge in [0.2, 0.25) is 11.5 Å². The van der Waals surface area contributed by atoms with E-state index >= 15 is 0 Å². The predicted molar refractivity (Wildman–Crippen MR) is 86.4 cm³/mol. The lowest BCUT2D eigenvalue weighted by molar-refractivity contribution is -0.267. The highest BCUT2D eigenvalue weighted by Crippen LogP contribution is 2.42. The summed E-state index contributed by atoms with van der Waals surface area (Å²) in [5.74, 6) is -0.355. The number of aromatic nitrogens is 1. The Labute approximate surface area is 146 Å². The lowest BCUT2D eigenvalue weighted by Crippen LogP contribution is -2.46. The Bertz CT molecular complexity index is 706. The first kappa shape index (κ1) is 19.2. The summed E-state index contributed by atoms with van der Waals surface area (Å²) < 4.78 is 45.2. The maximum absolute atomic E-state index is 13.3. The minimum atomic E-state index is -5.02. The highest BCUT2D eigenvalue weighted by molar-refractivity contribution is 7.09. The number of para-hydroxylation sites is 1. The molecule has 0 aliphatic carbocycles. The van der Waals surface area contributed by atoms with Gasteiger partial charge >= 0.3 is 6.18 Å². The van der Waals surface area contributed by atoms with E-state index in [0.29, 0.717) is 22.8 Å². The van der Waals surface area contributed by atoms with Crippen LogP contribution in [0.1, 0.15) is 17.1 Å².